The maximum absolute atomic E-state index is 9.08. The molecule has 10 aromatic carbocycles. The molecule has 16 rings (SSSR count). The number of hydrogen-bond donors (Lipinski definition) is 0. The summed E-state index contributed by atoms with van der Waals surface area (Å²) in [7, 11) is 8.83. The van der Waals surface area contributed by atoms with Crippen molar-refractivity contribution in [1.82, 2.24) is 0 Å². The van der Waals surface area contributed by atoms with Crippen molar-refractivity contribution in [3.63, 3.8) is 0 Å². The number of benzene rings is 10. The molecule has 128 heavy (non-hydrogen) atoms. The zero-order chi connectivity index (χ0) is 123. The minimum atomic E-state index is -2.50. The van der Waals surface area contributed by atoms with Crippen LogP contribution in [0.3, 0.4) is 0 Å². The van der Waals surface area contributed by atoms with E-state index in [2.05, 4.69) is 0 Å². The van der Waals surface area contributed by atoms with Crippen LogP contribution < -0.4 is 22.8 Å². The topological polar surface area (TPSA) is 19.4 Å². The zero-order valence-corrected chi connectivity index (χ0v) is 77.1. The molecule has 0 saturated heterocycles. The predicted octanol–water partition coefficient (Wildman–Crippen LogP) is 29.7. The molecule has 0 atom stereocenters. The van der Waals surface area contributed by atoms with Gasteiger partial charge in [0.1, 0.15) is 35.2 Å². The molecule has 0 aliphatic heterocycles. The van der Waals surface area contributed by atoms with Gasteiger partial charge in [-0.3, -0.25) is 0 Å². The normalized spacial score (nSPS) is 17.6. The average molecular weight is 1730 g/mol. The van der Waals surface area contributed by atoms with Gasteiger partial charge in [-0.25, -0.2) is 22.8 Å². The Hall–Kier alpha value is -12.1. The summed E-state index contributed by atoms with van der Waals surface area (Å²) in [5.74, 6) is -2.50. The van der Waals surface area contributed by atoms with Gasteiger partial charge >= 0.3 is 0 Å². The molecule has 0 N–H and O–H groups in total. The summed E-state index contributed by atoms with van der Waals surface area (Å²) in [6.45, 7) is -0.241. The molecule has 5 heterocycles. The smallest absolute Gasteiger partial charge is 0.201 e. The molecular weight excluding hydrogens is 1550 g/mol. The number of pyridine rings is 5. The molecule has 5 aromatic heterocycles. The summed E-state index contributed by atoms with van der Waals surface area (Å²) >= 11 is 0. The molecule has 0 bridgehead atoms. The molecular formula is C123H144N5+5. The van der Waals surface area contributed by atoms with Crippen molar-refractivity contribution >= 4 is 0 Å². The number of nitrogens with zero attached hydrogens (tertiary/aromatic N) is 5. The van der Waals surface area contributed by atoms with E-state index in [4.69, 9.17) is 49.3 Å². The van der Waals surface area contributed by atoms with E-state index in [1.54, 1.807) is 174 Å². The Kier molecular flexibility index (Phi) is 18.8. The van der Waals surface area contributed by atoms with E-state index in [-0.39, 0.29) is 55.6 Å². The number of hydrogen-bond acceptors (Lipinski definition) is 0. The molecule has 656 valence electrons. The molecule has 0 unspecified atom stereocenters. The van der Waals surface area contributed by atoms with Crippen molar-refractivity contribution in [2.75, 3.05) is 0 Å². The summed E-state index contributed by atoms with van der Waals surface area (Å²) < 4.78 is 301. The van der Waals surface area contributed by atoms with Gasteiger partial charge in [0.2, 0.25) is 28.5 Å². The van der Waals surface area contributed by atoms with Crippen LogP contribution in [0.25, 0.3) is 112 Å². The van der Waals surface area contributed by atoms with Gasteiger partial charge in [0.15, 0.2) is 31.0 Å². The molecule has 15 aromatic rings. The van der Waals surface area contributed by atoms with Crippen LogP contribution >= 0.6 is 0 Å². The molecule has 0 spiro atoms. The first-order valence-corrected chi connectivity index (χ1v) is 43.5. The number of aromatic nitrogens is 5. The lowest BCUT2D eigenvalue weighted by atomic mass is 9.86. The summed E-state index contributed by atoms with van der Waals surface area (Å²) in [4.78, 5) is 0. The Morgan fingerprint density at radius 1 is 0.305 bits per heavy atom. The van der Waals surface area contributed by atoms with Crippen molar-refractivity contribution in [1.29, 1.82) is 0 Å². The van der Waals surface area contributed by atoms with Gasteiger partial charge in [0, 0.05) is 135 Å². The third kappa shape index (κ3) is 22.9. The van der Waals surface area contributed by atoms with Crippen molar-refractivity contribution in [2.24, 2.45) is 46.6 Å². The largest absolute Gasteiger partial charge is 0.212 e. The van der Waals surface area contributed by atoms with Gasteiger partial charge in [-0.1, -0.05) is 243 Å². The second-order valence-electron chi connectivity index (χ2n) is 35.1. The van der Waals surface area contributed by atoms with E-state index >= 15 is 0 Å². The molecule has 1 aliphatic carbocycles. The number of rotatable bonds is 15. The molecule has 1 saturated carbocycles. The summed E-state index contributed by atoms with van der Waals surface area (Å²) in [5.41, 5.74) is 21.2. The fraction of sp³-hybridized carbons (Fsp3) is 0.309. The predicted molar refractivity (Wildman–Crippen MR) is 545 cm³/mol. The minimum Gasteiger partial charge on any atom is -0.201 e. The summed E-state index contributed by atoms with van der Waals surface area (Å²) in [6.07, 6.45) is 7.05. The first-order chi connectivity index (χ1) is 75.2. The summed E-state index contributed by atoms with van der Waals surface area (Å²) in [6, 6.07) is 73.1. The fourth-order valence-electron chi connectivity index (χ4n) is 16.6. The Labute approximate surface area is 821 Å². The Morgan fingerprint density at radius 3 is 0.883 bits per heavy atom. The maximum atomic E-state index is 9.08. The molecule has 5 heteroatoms. The second-order valence-corrected chi connectivity index (χ2v) is 35.1. The van der Waals surface area contributed by atoms with Gasteiger partial charge in [-0.05, 0) is 328 Å². The Morgan fingerprint density at radius 2 is 0.578 bits per heavy atom. The van der Waals surface area contributed by atoms with Gasteiger partial charge < -0.3 is 0 Å². The van der Waals surface area contributed by atoms with Crippen molar-refractivity contribution in [2.45, 2.75) is 209 Å². The van der Waals surface area contributed by atoms with Crippen LogP contribution in [0.4, 0.5) is 0 Å². The molecule has 1 fully saturated rings. The van der Waals surface area contributed by atoms with Gasteiger partial charge in [0.05, 0.1) is 0 Å². The van der Waals surface area contributed by atoms with E-state index in [0.717, 1.165) is 91.1 Å². The molecule has 0 radical (unpaired) electrons. The van der Waals surface area contributed by atoms with Crippen LogP contribution in [0.5, 0.6) is 0 Å². The highest BCUT2D eigenvalue weighted by Gasteiger charge is 2.28. The first-order valence-electron chi connectivity index (χ1n) is 61.5. The average Bonchev–Trinajstić information content (AvgIpc) is 0.762. The third-order valence-corrected chi connectivity index (χ3v) is 23.3. The van der Waals surface area contributed by atoms with E-state index in [1.165, 1.54) is 12.4 Å². The van der Waals surface area contributed by atoms with E-state index in [9.17, 15) is 0 Å². The highest BCUT2D eigenvalue weighted by atomic mass is 14.9. The van der Waals surface area contributed by atoms with Gasteiger partial charge in [-0.2, -0.15) is 0 Å². The van der Waals surface area contributed by atoms with E-state index in [0.29, 0.717) is 102 Å². The van der Waals surface area contributed by atoms with Crippen LogP contribution in [-0.4, -0.2) is 0 Å². The van der Waals surface area contributed by atoms with Crippen LogP contribution in [-0.2, 0) is 48.0 Å². The summed E-state index contributed by atoms with van der Waals surface area (Å²) in [5, 5.41) is 0. The molecule has 5 nitrogen and oxygen atoms in total. The highest BCUT2D eigenvalue weighted by Crippen LogP contribution is 2.41. The van der Waals surface area contributed by atoms with Crippen LogP contribution in [0.2, 0.25) is 0 Å². The zero-order valence-electron chi connectivity index (χ0n) is 113. The molecule has 1 aliphatic rings. The maximum Gasteiger partial charge on any atom is 0.212 e. The molecule has 0 amide bonds. The SMILES string of the molecule is [2H]C([2H])([2H])c1c[n+](C)c(-c2cc(-c3ccccc3)c(C([2H])([2H])[2H])cc2C)cc1C.[2H]C([2H])([2H])c1cc(C)c(-c2cc(C([2H])(C)C)c(C([2H])([2H])[2H])c[n+]2C)cc1-c1ccccc1.[2H]C([2H])([2H])c1cc(C)c(-c2cc(C([2H])([2H])C(C)(C)C)c(C([2H])([2H])[2H])c[n+]2C)cc1-c1ccccc1.[2H]C([2H])([2H])c1cc(C)c(-c2cc(C([2H])([2H])C(C)C)c(C([2H])([2H])[2H])c[n+]2C)cc1-c1ccccc1.[2H]C([2H])([2H])c1cc(C)c(-c2cc(C3([2H])CCCC3)c(C([2H])([2H])[2H])c[n+]2C)cc1-c1ccccc1. The fourth-order valence-corrected chi connectivity index (χ4v) is 16.6. The monoisotopic (exact) mass is 1730 g/mol. The third-order valence-electron chi connectivity index (χ3n) is 23.3. The lowest BCUT2D eigenvalue weighted by Crippen LogP contribution is -2.32. The minimum absolute atomic E-state index is 0.0301. The van der Waals surface area contributed by atoms with Gasteiger partial charge in [0.25, 0.3) is 0 Å². The van der Waals surface area contributed by atoms with Crippen LogP contribution in [0, 0.1) is 121 Å². The lowest BCUT2D eigenvalue weighted by Gasteiger charge is -2.20. The van der Waals surface area contributed by atoms with Crippen LogP contribution in [0.15, 0.2) is 274 Å². The van der Waals surface area contributed by atoms with Gasteiger partial charge in [-0.15, -0.1) is 0 Å². The Balaban J connectivity index is 0.000000180. The quantitative estimate of drug-likeness (QED) is 0.0912. The first kappa shape index (κ1) is 57.7. The Bertz CT molecular complexity index is 7820. The number of aryl methyl sites for hydroxylation is 21. The lowest BCUT2D eigenvalue weighted by molar-refractivity contribution is -0.660. The van der Waals surface area contributed by atoms with Crippen molar-refractivity contribution < 1.29 is 72.2 Å². The van der Waals surface area contributed by atoms with E-state index in [1.807, 2.05) is 236 Å². The van der Waals surface area contributed by atoms with E-state index < -0.39 is 104 Å². The second kappa shape index (κ2) is 41.8. The standard InChI is InChI=1S/C26H30N.C26H32N.C25H30N.C24H28N.C22H24N/c1-18-14-19(2)25(15-23(18)21-10-6-5-7-11-21)26-16-24(20(3)17-27(26)4)22-12-8-9-13-22;1-18-13-19(2)24(15-23(18)21-11-9-8-10-12-21)25-14-22(16-26(4,5)6)20(3)17-27(25)7;1-17(2)12-22-14-25(26(6)16-20(22)5)24-15-23(18(3)13-19(24)4)21-10-8-7-9-11-21;1-16(2)21-14-24(25(6)15-19(21)5)23-13-22(17(3)12-18(23)4)20-10-8-7-9-11-20;1-15-12-22(23(5)14-18(15)4)21-13-20(16(2)11-17(21)3)19-9-7-6-8-10-19/h5-7,10-11,14-17,22H,8-9,12-13H2,1-4H3;8-15,17H,16H2,1-7H3;7-11,13-17H,12H2,1-6H3;7-16H,1-6H3;6-14H,1-5H3/q5*+1/i1D3,3D3,22D;1D3,3D3,16D2;3D3,5D3,12D2;3D3,5D3,16D;2D3,4D3. The van der Waals surface area contributed by atoms with Crippen molar-refractivity contribution in [3.8, 4) is 112 Å². The van der Waals surface area contributed by atoms with Crippen LogP contribution in [0.1, 0.15) is 247 Å². The highest BCUT2D eigenvalue weighted by molar-refractivity contribution is 5.81. The van der Waals surface area contributed by atoms with Crippen molar-refractivity contribution in [3.05, 3.63) is 385 Å².